The summed E-state index contributed by atoms with van der Waals surface area (Å²) in [5.41, 5.74) is 4.35. The summed E-state index contributed by atoms with van der Waals surface area (Å²) in [4.78, 5) is 8.76. The molecule has 4 aromatic rings. The summed E-state index contributed by atoms with van der Waals surface area (Å²) >= 11 is 5.81. The van der Waals surface area contributed by atoms with Crippen molar-refractivity contribution in [3.63, 3.8) is 0 Å². The highest BCUT2D eigenvalue weighted by molar-refractivity contribution is 7.80. The lowest BCUT2D eigenvalue weighted by atomic mass is 10.0. The summed E-state index contributed by atoms with van der Waals surface area (Å²) in [6.45, 7) is 0. The third-order valence-electron chi connectivity index (χ3n) is 5.94. The number of pyridine rings is 1. The number of para-hydroxylation sites is 1. The van der Waals surface area contributed by atoms with Crippen LogP contribution in [0.1, 0.15) is 23.5 Å². The molecule has 0 saturated carbocycles. The molecule has 0 amide bonds. The molecule has 2 aromatic carbocycles. The van der Waals surface area contributed by atoms with Gasteiger partial charge < -0.3 is 19.7 Å². The van der Waals surface area contributed by atoms with Crippen LogP contribution in [0, 0.1) is 5.82 Å². The monoisotopic (exact) mass is 457 g/mol. The van der Waals surface area contributed by atoms with Gasteiger partial charge in [0.05, 0.1) is 17.4 Å². The van der Waals surface area contributed by atoms with Crippen LogP contribution >= 0.6 is 12.2 Å². The zero-order chi connectivity index (χ0) is 22.9. The van der Waals surface area contributed by atoms with E-state index in [0.717, 1.165) is 22.8 Å². The average Bonchev–Trinajstić information content (AvgIpc) is 3.44. The molecule has 1 fully saturated rings. The fraction of sp³-hybridized carbons (Fsp3) is 0.154. The minimum Gasteiger partial charge on any atom is -0.378 e. The van der Waals surface area contributed by atoms with Crippen molar-refractivity contribution < 1.29 is 4.39 Å². The second-order valence-electron chi connectivity index (χ2n) is 8.16. The summed E-state index contributed by atoms with van der Waals surface area (Å²) in [5.74, 6) is -0.278. The summed E-state index contributed by atoms with van der Waals surface area (Å²) in [6.07, 6.45) is 3.67. The smallest absolute Gasteiger partial charge is 0.174 e. The van der Waals surface area contributed by atoms with Gasteiger partial charge in [0.25, 0.3) is 0 Å². The van der Waals surface area contributed by atoms with E-state index < -0.39 is 0 Å². The number of nitrogens with one attached hydrogen (secondary N) is 1. The first-order valence-electron chi connectivity index (χ1n) is 10.7. The maximum atomic E-state index is 14.8. The number of benzene rings is 2. The molecule has 1 saturated heterocycles. The number of thiocarbonyl (C=S) groups is 1. The Balaban J connectivity index is 1.65. The summed E-state index contributed by atoms with van der Waals surface area (Å²) in [6, 6.07) is 24.4. The van der Waals surface area contributed by atoms with Crippen LogP contribution in [-0.2, 0) is 0 Å². The number of anilines is 2. The van der Waals surface area contributed by atoms with E-state index in [4.69, 9.17) is 12.2 Å². The van der Waals surface area contributed by atoms with Gasteiger partial charge in [-0.3, -0.25) is 4.98 Å². The van der Waals surface area contributed by atoms with Gasteiger partial charge >= 0.3 is 0 Å². The lowest BCUT2D eigenvalue weighted by molar-refractivity contribution is 0.544. The van der Waals surface area contributed by atoms with E-state index in [-0.39, 0.29) is 17.9 Å². The molecule has 7 heteroatoms. The molecule has 1 aliphatic heterocycles. The highest BCUT2D eigenvalue weighted by atomic mass is 32.1. The number of rotatable bonds is 5. The quantitative estimate of drug-likeness (QED) is 0.414. The minimum atomic E-state index is -0.278. The standard InChI is InChI=1S/C26H24FN5S/c1-30(2)18-12-14-19(15-13-18)32-25(24(29-26(32)33)21-9-5-6-16-28-21)23-11-7-17-31(23)22-10-4-3-8-20(22)27/h3-17,24-25H,1-2H3,(H,29,33)/t24-,25+/m0/s1. The van der Waals surface area contributed by atoms with Gasteiger partial charge in [-0.25, -0.2) is 4.39 Å². The van der Waals surface area contributed by atoms with Gasteiger partial charge in [-0.2, -0.15) is 0 Å². The molecule has 0 aliphatic carbocycles. The van der Waals surface area contributed by atoms with Crippen molar-refractivity contribution in [3.05, 3.63) is 108 Å². The van der Waals surface area contributed by atoms with E-state index in [1.165, 1.54) is 6.07 Å². The van der Waals surface area contributed by atoms with Crippen LogP contribution in [0.3, 0.4) is 0 Å². The highest BCUT2D eigenvalue weighted by Crippen LogP contribution is 2.42. The van der Waals surface area contributed by atoms with Gasteiger partial charge in [-0.15, -0.1) is 0 Å². The zero-order valence-electron chi connectivity index (χ0n) is 18.4. The normalized spacial score (nSPS) is 17.8. The van der Waals surface area contributed by atoms with Gasteiger partial charge in [0.15, 0.2) is 5.11 Å². The molecule has 1 aliphatic rings. The van der Waals surface area contributed by atoms with Crippen molar-refractivity contribution in [2.24, 2.45) is 0 Å². The van der Waals surface area contributed by atoms with Crippen LogP contribution in [0.15, 0.2) is 91.3 Å². The molecule has 5 nitrogen and oxygen atoms in total. The van der Waals surface area contributed by atoms with Crippen LogP contribution < -0.4 is 15.1 Å². The van der Waals surface area contributed by atoms with Gasteiger partial charge in [0, 0.05) is 43.6 Å². The SMILES string of the molecule is CN(C)c1ccc(N2C(=S)N[C@@H](c3ccccn3)[C@H]2c2cccn2-c2ccccc2F)cc1. The Labute approximate surface area is 198 Å². The van der Waals surface area contributed by atoms with Gasteiger partial charge in [-0.1, -0.05) is 18.2 Å². The first-order chi connectivity index (χ1) is 16.0. The fourth-order valence-corrected chi connectivity index (χ4v) is 4.69. The molecule has 0 radical (unpaired) electrons. The number of aromatic nitrogens is 2. The maximum absolute atomic E-state index is 14.8. The van der Waals surface area contributed by atoms with Crippen molar-refractivity contribution in [1.29, 1.82) is 0 Å². The number of halogens is 1. The van der Waals surface area contributed by atoms with E-state index in [1.807, 2.05) is 61.3 Å². The van der Waals surface area contributed by atoms with E-state index in [0.29, 0.717) is 10.8 Å². The predicted molar refractivity (Wildman–Crippen MR) is 134 cm³/mol. The second kappa shape index (κ2) is 8.67. The van der Waals surface area contributed by atoms with Gasteiger partial charge in [0.2, 0.25) is 0 Å². The minimum absolute atomic E-state index is 0.201. The molecular formula is C26H24FN5S. The molecule has 33 heavy (non-hydrogen) atoms. The molecule has 2 aromatic heterocycles. The molecular weight excluding hydrogens is 433 g/mol. The molecule has 2 atom stereocenters. The Morgan fingerprint density at radius 3 is 2.39 bits per heavy atom. The van der Waals surface area contributed by atoms with Gasteiger partial charge in [0.1, 0.15) is 11.9 Å². The first-order valence-corrected chi connectivity index (χ1v) is 11.2. The second-order valence-corrected chi connectivity index (χ2v) is 8.55. The van der Waals surface area contributed by atoms with Crippen molar-refractivity contribution in [3.8, 4) is 5.69 Å². The Bertz CT molecular complexity index is 1270. The van der Waals surface area contributed by atoms with Crippen molar-refractivity contribution in [2.45, 2.75) is 12.1 Å². The number of hydrogen-bond donors (Lipinski definition) is 1. The Kier molecular flexibility index (Phi) is 5.56. The van der Waals surface area contributed by atoms with Crippen molar-refractivity contribution >= 4 is 28.7 Å². The lowest BCUT2D eigenvalue weighted by Gasteiger charge is -2.29. The number of hydrogen-bond acceptors (Lipinski definition) is 3. The third kappa shape index (κ3) is 3.85. The van der Waals surface area contributed by atoms with Gasteiger partial charge in [-0.05, 0) is 72.9 Å². The van der Waals surface area contributed by atoms with E-state index >= 15 is 0 Å². The average molecular weight is 458 g/mol. The third-order valence-corrected chi connectivity index (χ3v) is 6.25. The Hall–Kier alpha value is -3.71. The van der Waals surface area contributed by atoms with Crippen molar-refractivity contribution in [1.82, 2.24) is 14.9 Å². The fourth-order valence-electron chi connectivity index (χ4n) is 4.35. The first kappa shape index (κ1) is 21.2. The molecule has 5 rings (SSSR count). The van der Waals surface area contributed by atoms with Crippen molar-refractivity contribution in [2.75, 3.05) is 23.9 Å². The zero-order valence-corrected chi connectivity index (χ0v) is 19.2. The Morgan fingerprint density at radius 1 is 0.939 bits per heavy atom. The summed E-state index contributed by atoms with van der Waals surface area (Å²) in [7, 11) is 4.02. The maximum Gasteiger partial charge on any atom is 0.174 e. The molecule has 0 bridgehead atoms. The van der Waals surface area contributed by atoms with Crippen LogP contribution in [0.4, 0.5) is 15.8 Å². The molecule has 3 heterocycles. The van der Waals surface area contributed by atoms with E-state index in [2.05, 4.69) is 44.4 Å². The summed E-state index contributed by atoms with van der Waals surface area (Å²) < 4.78 is 16.7. The van der Waals surface area contributed by atoms with Crippen LogP contribution in [-0.4, -0.2) is 28.8 Å². The topological polar surface area (TPSA) is 36.3 Å². The molecule has 1 N–H and O–H groups in total. The molecule has 166 valence electrons. The lowest BCUT2D eigenvalue weighted by Crippen LogP contribution is -2.30. The summed E-state index contributed by atoms with van der Waals surface area (Å²) in [5, 5.41) is 4.07. The largest absolute Gasteiger partial charge is 0.378 e. The number of nitrogens with zero attached hydrogens (tertiary/aromatic N) is 4. The Morgan fingerprint density at radius 2 is 1.70 bits per heavy atom. The van der Waals surface area contributed by atoms with Crippen LogP contribution in [0.25, 0.3) is 5.69 Å². The molecule has 0 spiro atoms. The van der Waals surface area contributed by atoms with E-state index in [9.17, 15) is 4.39 Å². The molecule has 0 unspecified atom stereocenters. The highest BCUT2D eigenvalue weighted by Gasteiger charge is 2.42. The van der Waals surface area contributed by atoms with Crippen LogP contribution in [0.2, 0.25) is 0 Å². The van der Waals surface area contributed by atoms with E-state index in [1.54, 1.807) is 18.3 Å². The van der Waals surface area contributed by atoms with Crippen LogP contribution in [0.5, 0.6) is 0 Å². The predicted octanol–water partition coefficient (Wildman–Crippen LogP) is 5.25.